The maximum atomic E-state index is 13.7. The van der Waals surface area contributed by atoms with Crippen LogP contribution in [0.3, 0.4) is 0 Å². The predicted octanol–water partition coefficient (Wildman–Crippen LogP) is 5.52. The number of carbonyl (C=O) groups excluding carboxylic acids is 2. The van der Waals surface area contributed by atoms with Gasteiger partial charge in [0.2, 0.25) is 5.91 Å². The third kappa shape index (κ3) is 10.7. The van der Waals surface area contributed by atoms with Gasteiger partial charge in [-0.25, -0.2) is 0 Å². The fourth-order valence-corrected chi connectivity index (χ4v) is 6.72. The molecule has 0 radical (unpaired) electrons. The van der Waals surface area contributed by atoms with Crippen molar-refractivity contribution >= 4 is 22.7 Å². The van der Waals surface area contributed by atoms with Crippen molar-refractivity contribution < 1.29 is 52.6 Å². The summed E-state index contributed by atoms with van der Waals surface area (Å²) in [7, 11) is 1.38. The lowest BCUT2D eigenvalue weighted by atomic mass is 9.89. The van der Waals surface area contributed by atoms with E-state index in [1.54, 1.807) is 19.1 Å². The molecule has 3 aromatic carbocycles. The van der Waals surface area contributed by atoms with E-state index in [9.17, 15) is 24.6 Å². The van der Waals surface area contributed by atoms with E-state index in [0.717, 1.165) is 27.6 Å². The molecule has 2 aliphatic heterocycles. The number of fused-ring (bicyclic) bond motifs is 2. The Hall–Kier alpha value is -4.99. The molecule has 3 N–H and O–H groups in total. The van der Waals surface area contributed by atoms with Gasteiger partial charge in [0.25, 0.3) is 0 Å². The summed E-state index contributed by atoms with van der Waals surface area (Å²) in [6.45, 7) is 5.16. The summed E-state index contributed by atoms with van der Waals surface area (Å²) in [6.07, 6.45) is -2.93. The highest BCUT2D eigenvalue weighted by Crippen LogP contribution is 2.42. The second-order valence-electron chi connectivity index (χ2n) is 14.0. The maximum Gasteiger partial charge on any atom is 0.246 e. The lowest BCUT2D eigenvalue weighted by Gasteiger charge is -2.40. The molecular formula is C44H49NO12. The average Bonchev–Trinajstić information content (AvgIpc) is 3.21. The molecular weight excluding hydrogens is 734 g/mol. The molecule has 1 aliphatic carbocycles. The molecule has 1 amide bonds. The molecule has 13 heteroatoms. The zero-order valence-corrected chi connectivity index (χ0v) is 32.3. The van der Waals surface area contributed by atoms with Gasteiger partial charge in [0, 0.05) is 66.8 Å². The minimum Gasteiger partial charge on any atom is -0.457 e. The molecule has 5 atom stereocenters. The lowest BCUT2D eigenvalue weighted by molar-refractivity contribution is -0.282. The molecule has 2 unspecified atom stereocenters. The second-order valence-corrected chi connectivity index (χ2v) is 14.0. The van der Waals surface area contributed by atoms with Gasteiger partial charge in [-0.15, -0.1) is 0 Å². The standard InChI is InChI=1S/C44H49NO12/c1-27-10-13-30(14-11-27)55-31-15-17-35-38(24-31)56-37-23-29(46)12-16-34(37)41(35)33-8-5-4-7-32(33)36(47)9-6-19-52-21-22-53-20-18-45-40(48)26-54-25-39-28(2)42(49)43(50)44(51-3)57-39/h4-5,7-8,10-17,23-24,28,39,42-44,49-50H,6,9,18-22,25-26H2,1-3H3,(H,45,48)/t28-,39?,42+,43?,44-/m1/s1. The van der Waals surface area contributed by atoms with Crippen LogP contribution in [0.1, 0.15) is 35.7 Å². The van der Waals surface area contributed by atoms with Crippen molar-refractivity contribution in [2.45, 2.75) is 51.3 Å². The number of hydrogen-bond acceptors (Lipinski definition) is 12. The summed E-state index contributed by atoms with van der Waals surface area (Å²) < 4.78 is 39.7. The first-order valence-corrected chi connectivity index (χ1v) is 19.0. The fraction of sp³-hybridized carbons (Fsp3) is 0.386. The molecule has 3 aliphatic rings. The van der Waals surface area contributed by atoms with E-state index < -0.39 is 30.5 Å². The predicted molar refractivity (Wildman–Crippen MR) is 212 cm³/mol. The minimum absolute atomic E-state index is 0.0385. The largest absolute Gasteiger partial charge is 0.457 e. The van der Waals surface area contributed by atoms with Crippen LogP contribution in [0.5, 0.6) is 11.5 Å². The number of ketones is 1. The Bertz CT molecular complexity index is 2130. The van der Waals surface area contributed by atoms with E-state index in [2.05, 4.69) is 5.32 Å². The van der Waals surface area contributed by atoms with Crippen LogP contribution in [-0.4, -0.2) is 99.8 Å². The van der Waals surface area contributed by atoms with Crippen LogP contribution in [0.25, 0.3) is 33.4 Å². The SMILES string of the molecule is CO[C@@H]1OC(COCC(=O)NCCOCCOCCCC(=O)c2ccccc2-c2c3ccc(=O)cc-3oc3cc(Oc4ccc(C)cc4)ccc23)[C@@H](C)[C@H](O)C1O. The van der Waals surface area contributed by atoms with E-state index in [-0.39, 0.29) is 49.9 Å². The smallest absolute Gasteiger partial charge is 0.246 e. The molecule has 57 heavy (non-hydrogen) atoms. The summed E-state index contributed by atoms with van der Waals surface area (Å²) in [4.78, 5) is 38.2. The van der Waals surface area contributed by atoms with E-state index in [4.69, 9.17) is 32.8 Å². The normalized spacial score (nSPS) is 19.5. The molecule has 3 aromatic rings. The van der Waals surface area contributed by atoms with E-state index in [1.165, 1.54) is 19.2 Å². The van der Waals surface area contributed by atoms with Crippen molar-refractivity contribution in [3.05, 3.63) is 106 Å². The number of benzene rings is 4. The minimum atomic E-state index is -1.16. The molecule has 2 heterocycles. The van der Waals surface area contributed by atoms with Crippen LogP contribution in [0.15, 0.2) is 94.1 Å². The molecule has 302 valence electrons. The Kier molecular flexibility index (Phi) is 14.6. The third-order valence-electron chi connectivity index (χ3n) is 9.86. The van der Waals surface area contributed by atoms with Gasteiger partial charge in [-0.1, -0.05) is 48.9 Å². The number of Topliss-reactive ketones (excluding diaryl/α,β-unsaturated/α-hetero) is 1. The van der Waals surface area contributed by atoms with Crippen molar-refractivity contribution in [1.29, 1.82) is 0 Å². The number of ether oxygens (including phenoxy) is 6. The van der Waals surface area contributed by atoms with Crippen LogP contribution in [0.4, 0.5) is 0 Å². The van der Waals surface area contributed by atoms with E-state index in [0.29, 0.717) is 54.6 Å². The van der Waals surface area contributed by atoms with Crippen molar-refractivity contribution in [3.63, 3.8) is 0 Å². The van der Waals surface area contributed by atoms with Crippen molar-refractivity contribution in [3.8, 4) is 33.9 Å². The Balaban J connectivity index is 0.952. The Labute approximate surface area is 330 Å². The highest BCUT2D eigenvalue weighted by atomic mass is 16.7. The molecule has 0 aromatic heterocycles. The fourth-order valence-electron chi connectivity index (χ4n) is 6.72. The van der Waals surface area contributed by atoms with Crippen LogP contribution < -0.4 is 15.5 Å². The monoisotopic (exact) mass is 783 g/mol. The summed E-state index contributed by atoms with van der Waals surface area (Å²) in [5, 5.41) is 23.7. The van der Waals surface area contributed by atoms with Gasteiger partial charge in [0.05, 0.1) is 38.6 Å². The van der Waals surface area contributed by atoms with Crippen LogP contribution >= 0.6 is 0 Å². The van der Waals surface area contributed by atoms with Gasteiger partial charge in [0.15, 0.2) is 17.5 Å². The molecule has 1 fully saturated rings. The van der Waals surface area contributed by atoms with Gasteiger partial charge in [-0.3, -0.25) is 14.4 Å². The van der Waals surface area contributed by atoms with Crippen LogP contribution in [0, 0.1) is 12.8 Å². The first-order valence-electron chi connectivity index (χ1n) is 19.0. The number of rotatable bonds is 19. The number of aliphatic hydroxyl groups is 2. The average molecular weight is 784 g/mol. The second kappa shape index (κ2) is 19.9. The van der Waals surface area contributed by atoms with Gasteiger partial charge in [-0.05, 0) is 55.3 Å². The Morgan fingerprint density at radius 3 is 2.37 bits per heavy atom. The van der Waals surface area contributed by atoms with Crippen molar-refractivity contribution in [1.82, 2.24) is 5.32 Å². The van der Waals surface area contributed by atoms with Gasteiger partial charge < -0.3 is 48.4 Å². The number of hydrogen-bond donors (Lipinski definition) is 3. The first kappa shape index (κ1) is 41.6. The number of aliphatic hydroxyl groups excluding tert-OH is 2. The zero-order chi connectivity index (χ0) is 40.3. The first-order chi connectivity index (χ1) is 27.6. The molecule has 1 saturated heterocycles. The quantitative estimate of drug-likeness (QED) is 0.0545. The van der Waals surface area contributed by atoms with E-state index >= 15 is 0 Å². The molecule has 6 rings (SSSR count). The van der Waals surface area contributed by atoms with Crippen molar-refractivity contribution in [2.75, 3.05) is 53.3 Å². The van der Waals surface area contributed by atoms with Crippen molar-refractivity contribution in [2.24, 2.45) is 5.92 Å². The number of amides is 1. The number of aryl methyl sites for hydroxylation is 1. The highest BCUT2D eigenvalue weighted by molar-refractivity contribution is 6.09. The Morgan fingerprint density at radius 2 is 1.58 bits per heavy atom. The molecule has 0 spiro atoms. The van der Waals surface area contributed by atoms with E-state index in [1.807, 2.05) is 67.6 Å². The Morgan fingerprint density at radius 1 is 0.825 bits per heavy atom. The van der Waals surface area contributed by atoms with Crippen LogP contribution in [0.2, 0.25) is 0 Å². The summed E-state index contributed by atoms with van der Waals surface area (Å²) >= 11 is 0. The lowest BCUT2D eigenvalue weighted by Crippen LogP contribution is -2.55. The highest BCUT2D eigenvalue weighted by Gasteiger charge is 2.42. The zero-order valence-electron chi connectivity index (χ0n) is 32.3. The van der Waals surface area contributed by atoms with Gasteiger partial charge in [0.1, 0.15) is 35.6 Å². The third-order valence-corrected chi connectivity index (χ3v) is 9.86. The summed E-state index contributed by atoms with van der Waals surface area (Å²) in [5.74, 6) is 0.899. The number of methoxy groups -OCH3 is 1. The van der Waals surface area contributed by atoms with Crippen LogP contribution in [-0.2, 0) is 28.5 Å². The van der Waals surface area contributed by atoms with Gasteiger partial charge in [-0.2, -0.15) is 0 Å². The number of carbonyl (C=O) groups is 2. The maximum absolute atomic E-state index is 13.7. The van der Waals surface area contributed by atoms with Gasteiger partial charge >= 0.3 is 0 Å². The number of nitrogens with one attached hydrogen (secondary N) is 1. The summed E-state index contributed by atoms with van der Waals surface area (Å²) in [6, 6.07) is 25.4. The molecule has 13 nitrogen and oxygen atoms in total. The topological polar surface area (TPSA) is 172 Å². The molecule has 0 bridgehead atoms. The summed E-state index contributed by atoms with van der Waals surface area (Å²) in [5.41, 5.74) is 4.26. The molecule has 0 saturated carbocycles.